The number of methoxy groups -OCH3 is 1. The van der Waals surface area contributed by atoms with Crippen molar-refractivity contribution in [3.63, 3.8) is 0 Å². The standard InChI is InChI=1S/C11H23NO4S/c1-10(11-4-5-11)12(6-8-16-2)17(14,15)9-3-7-13/h10-11,13H,3-9H2,1-2H3. The Balaban J connectivity index is 2.65. The van der Waals surface area contributed by atoms with Crippen LogP contribution in [0.5, 0.6) is 0 Å². The van der Waals surface area contributed by atoms with Gasteiger partial charge in [-0.25, -0.2) is 8.42 Å². The van der Waals surface area contributed by atoms with E-state index < -0.39 is 10.0 Å². The van der Waals surface area contributed by atoms with Crippen LogP contribution in [0.2, 0.25) is 0 Å². The number of nitrogens with zero attached hydrogens (tertiary/aromatic N) is 1. The monoisotopic (exact) mass is 265 g/mol. The van der Waals surface area contributed by atoms with E-state index in [9.17, 15) is 8.42 Å². The summed E-state index contributed by atoms with van der Waals surface area (Å²) in [4.78, 5) is 0. The van der Waals surface area contributed by atoms with Crippen LogP contribution < -0.4 is 0 Å². The third kappa shape index (κ3) is 4.54. The second-order valence-corrected chi connectivity index (χ2v) is 6.62. The van der Waals surface area contributed by atoms with Gasteiger partial charge in [0.15, 0.2) is 0 Å². The fraction of sp³-hybridized carbons (Fsp3) is 1.00. The summed E-state index contributed by atoms with van der Waals surface area (Å²) in [6.45, 7) is 2.69. The molecule has 0 bridgehead atoms. The van der Waals surface area contributed by atoms with Gasteiger partial charge in [-0.05, 0) is 32.1 Å². The molecule has 1 rings (SSSR count). The zero-order valence-electron chi connectivity index (χ0n) is 10.6. The van der Waals surface area contributed by atoms with Gasteiger partial charge in [0.05, 0.1) is 12.4 Å². The number of sulfonamides is 1. The van der Waals surface area contributed by atoms with Gasteiger partial charge < -0.3 is 9.84 Å². The van der Waals surface area contributed by atoms with E-state index in [1.807, 2.05) is 6.92 Å². The molecule has 1 atom stereocenters. The minimum atomic E-state index is -3.27. The Morgan fingerprint density at radius 2 is 2.12 bits per heavy atom. The molecule has 17 heavy (non-hydrogen) atoms. The van der Waals surface area contributed by atoms with Gasteiger partial charge in [-0.2, -0.15) is 4.31 Å². The Morgan fingerprint density at radius 3 is 2.59 bits per heavy atom. The van der Waals surface area contributed by atoms with E-state index in [2.05, 4.69) is 0 Å². The second kappa shape index (κ2) is 6.68. The van der Waals surface area contributed by atoms with Crippen LogP contribution in [0.3, 0.4) is 0 Å². The van der Waals surface area contributed by atoms with E-state index in [-0.39, 0.29) is 18.4 Å². The predicted octanol–water partition coefficient (Wildman–Crippen LogP) is 0.446. The lowest BCUT2D eigenvalue weighted by Gasteiger charge is -2.28. The molecule has 0 aliphatic heterocycles. The van der Waals surface area contributed by atoms with E-state index >= 15 is 0 Å². The molecule has 5 nitrogen and oxygen atoms in total. The summed E-state index contributed by atoms with van der Waals surface area (Å²) >= 11 is 0. The summed E-state index contributed by atoms with van der Waals surface area (Å²) in [5, 5.41) is 8.74. The summed E-state index contributed by atoms with van der Waals surface area (Å²) in [6, 6.07) is 0.0499. The highest BCUT2D eigenvalue weighted by Crippen LogP contribution is 2.36. The van der Waals surface area contributed by atoms with E-state index in [4.69, 9.17) is 9.84 Å². The minimum Gasteiger partial charge on any atom is -0.396 e. The lowest BCUT2D eigenvalue weighted by Crippen LogP contribution is -2.43. The molecule has 0 radical (unpaired) electrons. The van der Waals surface area contributed by atoms with E-state index in [1.54, 1.807) is 11.4 Å². The van der Waals surface area contributed by atoms with Gasteiger partial charge in [-0.3, -0.25) is 0 Å². The first kappa shape index (κ1) is 14.9. The number of aliphatic hydroxyl groups is 1. The lowest BCUT2D eigenvalue weighted by atomic mass is 10.2. The lowest BCUT2D eigenvalue weighted by molar-refractivity contribution is 0.164. The number of aliphatic hydroxyl groups excluding tert-OH is 1. The van der Waals surface area contributed by atoms with Crippen molar-refractivity contribution in [2.75, 3.05) is 32.6 Å². The van der Waals surface area contributed by atoms with Gasteiger partial charge in [0.1, 0.15) is 0 Å². The number of rotatable bonds is 9. The first-order chi connectivity index (χ1) is 8.03. The number of ether oxygens (including phenoxy) is 1. The molecule has 1 N–H and O–H groups in total. The molecule has 0 amide bonds. The summed E-state index contributed by atoms with van der Waals surface area (Å²) in [5.74, 6) is 0.514. The van der Waals surface area contributed by atoms with Crippen LogP contribution in [0, 0.1) is 5.92 Å². The second-order valence-electron chi connectivity index (χ2n) is 4.57. The van der Waals surface area contributed by atoms with Crippen LogP contribution in [0.1, 0.15) is 26.2 Å². The molecule has 0 aromatic heterocycles. The molecule has 1 unspecified atom stereocenters. The number of hydrogen-bond acceptors (Lipinski definition) is 4. The van der Waals surface area contributed by atoms with Crippen molar-refractivity contribution < 1.29 is 18.3 Å². The maximum atomic E-state index is 12.1. The van der Waals surface area contributed by atoms with Gasteiger partial charge in [0.25, 0.3) is 0 Å². The van der Waals surface area contributed by atoms with Gasteiger partial charge in [-0.1, -0.05) is 0 Å². The van der Waals surface area contributed by atoms with Crippen LogP contribution >= 0.6 is 0 Å². The topological polar surface area (TPSA) is 66.8 Å². The molecule has 1 aliphatic carbocycles. The Morgan fingerprint density at radius 1 is 1.47 bits per heavy atom. The maximum absolute atomic E-state index is 12.1. The molecule has 0 aromatic rings. The maximum Gasteiger partial charge on any atom is 0.214 e. The molecule has 102 valence electrons. The third-order valence-electron chi connectivity index (χ3n) is 3.19. The van der Waals surface area contributed by atoms with Crippen molar-refractivity contribution in [1.29, 1.82) is 0 Å². The number of hydrogen-bond donors (Lipinski definition) is 1. The largest absolute Gasteiger partial charge is 0.396 e. The summed E-state index contributed by atoms with van der Waals surface area (Å²) < 4.78 is 30.8. The average molecular weight is 265 g/mol. The van der Waals surface area contributed by atoms with Crippen molar-refractivity contribution in [3.05, 3.63) is 0 Å². The van der Waals surface area contributed by atoms with Crippen molar-refractivity contribution >= 4 is 10.0 Å². The Bertz CT molecular complexity index is 313. The van der Waals surface area contributed by atoms with Gasteiger partial charge in [0.2, 0.25) is 10.0 Å². The molecule has 6 heteroatoms. The van der Waals surface area contributed by atoms with Gasteiger partial charge in [-0.15, -0.1) is 0 Å². The zero-order chi connectivity index (χ0) is 12.9. The fourth-order valence-corrected chi connectivity index (χ4v) is 3.72. The minimum absolute atomic E-state index is 0.0181. The van der Waals surface area contributed by atoms with Crippen LogP contribution in [0.15, 0.2) is 0 Å². The molecule has 1 saturated carbocycles. The zero-order valence-corrected chi connectivity index (χ0v) is 11.4. The van der Waals surface area contributed by atoms with Crippen molar-refractivity contribution in [1.82, 2.24) is 4.31 Å². The summed E-state index contributed by atoms with van der Waals surface area (Å²) in [6.07, 6.45) is 2.52. The van der Waals surface area contributed by atoms with Crippen molar-refractivity contribution in [2.24, 2.45) is 5.92 Å². The summed E-state index contributed by atoms with van der Waals surface area (Å²) in [7, 11) is -1.70. The highest BCUT2D eigenvalue weighted by Gasteiger charge is 2.36. The highest BCUT2D eigenvalue weighted by molar-refractivity contribution is 7.89. The molecular weight excluding hydrogens is 242 g/mol. The van der Waals surface area contributed by atoms with Gasteiger partial charge >= 0.3 is 0 Å². The Hall–Kier alpha value is -0.170. The highest BCUT2D eigenvalue weighted by atomic mass is 32.2. The normalized spacial score (nSPS) is 18.6. The fourth-order valence-electron chi connectivity index (χ4n) is 1.96. The SMILES string of the molecule is COCCN(C(C)C1CC1)S(=O)(=O)CCCO. The molecule has 0 saturated heterocycles. The Labute approximate surface area is 104 Å². The van der Waals surface area contributed by atoms with Crippen LogP contribution in [-0.4, -0.2) is 56.5 Å². The first-order valence-electron chi connectivity index (χ1n) is 6.12. The van der Waals surface area contributed by atoms with E-state index in [0.717, 1.165) is 12.8 Å². The van der Waals surface area contributed by atoms with Crippen LogP contribution in [0.4, 0.5) is 0 Å². The predicted molar refractivity (Wildman–Crippen MR) is 66.3 cm³/mol. The smallest absolute Gasteiger partial charge is 0.214 e. The van der Waals surface area contributed by atoms with Crippen LogP contribution in [0.25, 0.3) is 0 Å². The molecule has 0 heterocycles. The van der Waals surface area contributed by atoms with E-state index in [0.29, 0.717) is 25.5 Å². The van der Waals surface area contributed by atoms with Crippen molar-refractivity contribution in [2.45, 2.75) is 32.2 Å². The first-order valence-corrected chi connectivity index (χ1v) is 7.73. The average Bonchev–Trinajstić information content (AvgIpc) is 3.10. The molecule has 0 spiro atoms. The summed E-state index contributed by atoms with van der Waals surface area (Å²) in [5.41, 5.74) is 0. The molecule has 0 aromatic carbocycles. The van der Waals surface area contributed by atoms with Crippen molar-refractivity contribution in [3.8, 4) is 0 Å². The third-order valence-corrected chi connectivity index (χ3v) is 5.23. The quantitative estimate of drug-likeness (QED) is 0.657. The molecular formula is C11H23NO4S. The van der Waals surface area contributed by atoms with Gasteiger partial charge in [0, 0.05) is 26.3 Å². The molecule has 1 aliphatic rings. The van der Waals surface area contributed by atoms with E-state index in [1.165, 1.54) is 0 Å². The van der Waals surface area contributed by atoms with Crippen LogP contribution in [-0.2, 0) is 14.8 Å². The molecule has 1 fully saturated rings. The Kier molecular flexibility index (Phi) is 5.85.